The normalized spacial score (nSPS) is 11.2. The molecule has 0 amide bonds. The van der Waals surface area contributed by atoms with Crippen LogP contribution in [0.1, 0.15) is 10.6 Å². The second-order valence-corrected chi connectivity index (χ2v) is 5.48. The van der Waals surface area contributed by atoms with Gasteiger partial charge in [0.05, 0.1) is 11.3 Å². The molecule has 22 heavy (non-hydrogen) atoms. The molecular weight excluding hydrogens is 295 g/mol. The van der Waals surface area contributed by atoms with Crippen LogP contribution in [0.2, 0.25) is 0 Å². The molecule has 0 saturated carbocycles. The molecule has 0 fully saturated rings. The van der Waals surface area contributed by atoms with Crippen molar-refractivity contribution in [1.82, 2.24) is 4.98 Å². The van der Waals surface area contributed by atoms with Crippen molar-refractivity contribution in [2.45, 2.75) is 0 Å². The Morgan fingerprint density at radius 2 is 1.82 bits per heavy atom. The summed E-state index contributed by atoms with van der Waals surface area (Å²) in [5, 5.41) is 11.9. The number of benzene rings is 2. The molecule has 0 unspecified atom stereocenters. The van der Waals surface area contributed by atoms with Crippen molar-refractivity contribution in [3.8, 4) is 17.3 Å². The van der Waals surface area contributed by atoms with Gasteiger partial charge in [-0.2, -0.15) is 5.26 Å². The maximum Gasteiger partial charge on any atom is 0.134 e. The van der Waals surface area contributed by atoms with E-state index in [0.717, 1.165) is 16.8 Å². The Labute approximate surface area is 131 Å². The third kappa shape index (κ3) is 3.11. The van der Waals surface area contributed by atoms with Crippen molar-refractivity contribution in [2.24, 2.45) is 0 Å². The Morgan fingerprint density at radius 1 is 1.09 bits per heavy atom. The molecule has 2 aromatic carbocycles. The molecule has 0 spiro atoms. The van der Waals surface area contributed by atoms with Crippen LogP contribution in [0.15, 0.2) is 60.0 Å². The highest BCUT2D eigenvalue weighted by Crippen LogP contribution is 2.27. The first-order chi connectivity index (χ1) is 10.8. The molecule has 0 N–H and O–H groups in total. The first-order valence-electron chi connectivity index (χ1n) is 6.65. The molecule has 2 nitrogen and oxygen atoms in total. The van der Waals surface area contributed by atoms with Gasteiger partial charge in [-0.3, -0.25) is 0 Å². The summed E-state index contributed by atoms with van der Waals surface area (Å²) in [6.45, 7) is 0. The monoisotopic (exact) mass is 306 g/mol. The number of allylic oxidation sites excluding steroid dienone is 1. The van der Waals surface area contributed by atoms with E-state index in [2.05, 4.69) is 11.1 Å². The van der Waals surface area contributed by atoms with Gasteiger partial charge in [0, 0.05) is 10.9 Å². The third-order valence-corrected chi connectivity index (χ3v) is 3.98. The first kappa shape index (κ1) is 14.2. The molecule has 3 aromatic rings. The molecule has 3 rings (SSSR count). The van der Waals surface area contributed by atoms with Crippen LogP contribution in [0.25, 0.3) is 22.9 Å². The predicted octanol–water partition coefficient (Wildman–Crippen LogP) is 5.01. The van der Waals surface area contributed by atoms with E-state index in [4.69, 9.17) is 0 Å². The molecule has 0 radical (unpaired) electrons. The molecule has 0 aliphatic carbocycles. The van der Waals surface area contributed by atoms with Gasteiger partial charge in [-0.15, -0.1) is 11.3 Å². The second kappa shape index (κ2) is 6.33. The quantitative estimate of drug-likeness (QED) is 0.637. The summed E-state index contributed by atoms with van der Waals surface area (Å²) in [5.74, 6) is -0.295. The number of nitriles is 1. The third-order valence-electron chi connectivity index (χ3n) is 3.11. The lowest BCUT2D eigenvalue weighted by molar-refractivity contribution is 0.628. The molecule has 0 bridgehead atoms. The highest BCUT2D eigenvalue weighted by Gasteiger charge is 2.08. The van der Waals surface area contributed by atoms with Gasteiger partial charge in [0.15, 0.2) is 0 Å². The van der Waals surface area contributed by atoms with E-state index in [9.17, 15) is 9.65 Å². The molecule has 106 valence electrons. The fraction of sp³-hybridized carbons (Fsp3) is 0. The summed E-state index contributed by atoms with van der Waals surface area (Å²) in [5.41, 5.74) is 3.11. The maximum absolute atomic E-state index is 12.9. The molecular formula is C18H11FN2S. The summed E-state index contributed by atoms with van der Waals surface area (Å²) >= 11 is 1.42. The Morgan fingerprint density at radius 3 is 2.50 bits per heavy atom. The van der Waals surface area contributed by atoms with Crippen molar-refractivity contribution in [2.75, 3.05) is 0 Å². The maximum atomic E-state index is 12.9. The van der Waals surface area contributed by atoms with Crippen molar-refractivity contribution < 1.29 is 4.39 Å². The zero-order chi connectivity index (χ0) is 15.4. The van der Waals surface area contributed by atoms with Gasteiger partial charge in [-0.1, -0.05) is 42.5 Å². The van der Waals surface area contributed by atoms with Crippen molar-refractivity contribution in [3.05, 3.63) is 76.4 Å². The van der Waals surface area contributed by atoms with Gasteiger partial charge >= 0.3 is 0 Å². The van der Waals surface area contributed by atoms with Crippen LogP contribution in [0.4, 0.5) is 4.39 Å². The summed E-state index contributed by atoms with van der Waals surface area (Å²) in [6.07, 6.45) is 1.72. The standard InChI is InChI=1S/C18H11FN2S/c19-16-8-6-13(7-9-16)10-15(11-20)18-21-17(12-22-18)14-4-2-1-3-5-14/h1-10,12H/b15-10+. The minimum atomic E-state index is -0.295. The number of hydrogen-bond acceptors (Lipinski definition) is 3. The second-order valence-electron chi connectivity index (χ2n) is 4.63. The number of hydrogen-bond donors (Lipinski definition) is 0. The van der Waals surface area contributed by atoms with Gasteiger partial charge in [-0.25, -0.2) is 9.37 Å². The Hall–Kier alpha value is -2.77. The van der Waals surface area contributed by atoms with E-state index in [1.165, 1.54) is 23.5 Å². The molecule has 0 atom stereocenters. The average Bonchev–Trinajstić information content (AvgIpc) is 3.05. The van der Waals surface area contributed by atoms with Crippen LogP contribution in [-0.2, 0) is 0 Å². The summed E-state index contributed by atoms with van der Waals surface area (Å²) in [7, 11) is 0. The average molecular weight is 306 g/mol. The predicted molar refractivity (Wildman–Crippen MR) is 87.4 cm³/mol. The molecule has 4 heteroatoms. The molecule has 0 saturated heterocycles. The Balaban J connectivity index is 1.94. The zero-order valence-corrected chi connectivity index (χ0v) is 12.3. The summed E-state index contributed by atoms with van der Waals surface area (Å²) < 4.78 is 12.9. The van der Waals surface area contributed by atoms with Crippen LogP contribution < -0.4 is 0 Å². The molecule has 1 heterocycles. The van der Waals surface area contributed by atoms with Gasteiger partial charge in [0.25, 0.3) is 0 Å². The van der Waals surface area contributed by atoms with E-state index in [-0.39, 0.29) is 5.82 Å². The lowest BCUT2D eigenvalue weighted by Gasteiger charge is -1.96. The van der Waals surface area contributed by atoms with Crippen LogP contribution in [0, 0.1) is 17.1 Å². The van der Waals surface area contributed by atoms with Crippen LogP contribution in [0.3, 0.4) is 0 Å². The summed E-state index contributed by atoms with van der Waals surface area (Å²) in [6, 6.07) is 18.0. The van der Waals surface area contributed by atoms with Gasteiger partial charge in [0.2, 0.25) is 0 Å². The fourth-order valence-corrected chi connectivity index (χ4v) is 2.80. The van der Waals surface area contributed by atoms with Crippen LogP contribution in [-0.4, -0.2) is 4.98 Å². The fourth-order valence-electron chi connectivity index (χ4n) is 2.01. The topological polar surface area (TPSA) is 36.7 Å². The highest BCUT2D eigenvalue weighted by molar-refractivity contribution is 7.11. The van der Waals surface area contributed by atoms with Crippen LogP contribution >= 0.6 is 11.3 Å². The number of aromatic nitrogens is 1. The van der Waals surface area contributed by atoms with E-state index < -0.39 is 0 Å². The van der Waals surface area contributed by atoms with Gasteiger partial charge in [-0.05, 0) is 23.8 Å². The van der Waals surface area contributed by atoms with E-state index >= 15 is 0 Å². The van der Waals surface area contributed by atoms with E-state index in [1.807, 2.05) is 35.7 Å². The van der Waals surface area contributed by atoms with E-state index in [1.54, 1.807) is 18.2 Å². The number of thiazole rings is 1. The van der Waals surface area contributed by atoms with Crippen molar-refractivity contribution >= 4 is 23.0 Å². The summed E-state index contributed by atoms with van der Waals surface area (Å²) in [4.78, 5) is 4.52. The number of nitrogens with zero attached hydrogens (tertiary/aromatic N) is 2. The molecule has 0 aliphatic heterocycles. The molecule has 1 aromatic heterocycles. The van der Waals surface area contributed by atoms with Gasteiger partial charge < -0.3 is 0 Å². The number of rotatable bonds is 3. The zero-order valence-electron chi connectivity index (χ0n) is 11.5. The highest BCUT2D eigenvalue weighted by atomic mass is 32.1. The SMILES string of the molecule is N#C/C(=C\c1ccc(F)cc1)c1nc(-c2ccccc2)cs1. The lowest BCUT2D eigenvalue weighted by atomic mass is 10.1. The van der Waals surface area contributed by atoms with Crippen molar-refractivity contribution in [1.29, 1.82) is 5.26 Å². The Kier molecular flexibility index (Phi) is 4.08. The molecule has 0 aliphatic rings. The first-order valence-corrected chi connectivity index (χ1v) is 7.53. The Bertz CT molecular complexity index is 843. The minimum Gasteiger partial charge on any atom is -0.235 e. The van der Waals surface area contributed by atoms with E-state index in [0.29, 0.717) is 10.6 Å². The van der Waals surface area contributed by atoms with Crippen molar-refractivity contribution in [3.63, 3.8) is 0 Å². The minimum absolute atomic E-state index is 0.295. The van der Waals surface area contributed by atoms with Gasteiger partial charge in [0.1, 0.15) is 16.9 Å². The largest absolute Gasteiger partial charge is 0.235 e. The smallest absolute Gasteiger partial charge is 0.134 e. The van der Waals surface area contributed by atoms with Crippen LogP contribution in [0.5, 0.6) is 0 Å². The number of halogens is 1. The lowest BCUT2D eigenvalue weighted by Crippen LogP contribution is -1.83.